The van der Waals surface area contributed by atoms with Crippen LogP contribution in [0.2, 0.25) is 0 Å². The molecule has 0 aliphatic heterocycles. The van der Waals surface area contributed by atoms with Crippen LogP contribution in [-0.2, 0) is 9.49 Å². The van der Waals surface area contributed by atoms with Crippen molar-refractivity contribution in [2.75, 3.05) is 16.4 Å². The van der Waals surface area contributed by atoms with Crippen LogP contribution in [0.5, 0.6) is 0 Å². The third-order valence-corrected chi connectivity index (χ3v) is 4.11. The van der Waals surface area contributed by atoms with Gasteiger partial charge in [0.15, 0.2) is 0 Å². The Hall–Kier alpha value is -0.970. The zero-order chi connectivity index (χ0) is 14.1. The molecule has 0 bridgehead atoms. The molecule has 0 aliphatic rings. The molecule has 2 nitrogen and oxygen atoms in total. The second kappa shape index (κ2) is 9.02. The average molecular weight is 373 g/mol. The van der Waals surface area contributed by atoms with Gasteiger partial charge in [-0.15, -0.1) is 0 Å². The van der Waals surface area contributed by atoms with Crippen LogP contribution < -0.4 is 5.32 Å². The number of halogens is 1. The van der Waals surface area contributed by atoms with Crippen LogP contribution in [0.1, 0.15) is 12.0 Å². The van der Waals surface area contributed by atoms with E-state index in [1.807, 2.05) is 12.1 Å². The molecular formula is C16H24INO. The van der Waals surface area contributed by atoms with Gasteiger partial charge in [0.05, 0.1) is 0 Å². The molecule has 1 N–H and O–H groups in total. The molecule has 1 rings (SSSR count). The quantitative estimate of drug-likeness (QED) is 0.304. The fourth-order valence-electron chi connectivity index (χ4n) is 1.89. The molecule has 0 radical (unpaired) electrons. The fraction of sp³-hybridized carbons (Fsp3) is 0.375. The minimum absolute atomic E-state index is 0.524. The van der Waals surface area contributed by atoms with E-state index in [1.165, 1.54) is 5.56 Å². The van der Waals surface area contributed by atoms with Crippen LogP contribution in [0.15, 0.2) is 55.4 Å². The molecule has 0 unspecified atom stereocenters. The molecular weight excluding hydrogens is 349 g/mol. The summed E-state index contributed by atoms with van der Waals surface area (Å²) in [5.74, 6) is 1.24. The van der Waals surface area contributed by atoms with Gasteiger partial charge in [0.2, 0.25) is 0 Å². The van der Waals surface area contributed by atoms with Crippen molar-refractivity contribution in [1.29, 1.82) is 0 Å². The summed E-state index contributed by atoms with van der Waals surface area (Å²) in [6.07, 6.45) is 4.03. The first-order chi connectivity index (χ1) is 9.11. The summed E-state index contributed by atoms with van der Waals surface area (Å²) in [5, 5.41) is 3.29. The molecule has 1 atom stereocenters. The van der Waals surface area contributed by atoms with E-state index in [9.17, 15) is 0 Å². The molecule has 0 saturated heterocycles. The summed E-state index contributed by atoms with van der Waals surface area (Å²) in [6, 6.07) is 10.6. The minimum atomic E-state index is -1.21. The van der Waals surface area contributed by atoms with Crippen molar-refractivity contribution in [3.05, 3.63) is 61.0 Å². The van der Waals surface area contributed by atoms with Crippen molar-refractivity contribution < 1.29 is 3.07 Å². The molecule has 0 aromatic heterocycles. The zero-order valence-electron chi connectivity index (χ0n) is 11.9. The van der Waals surface area contributed by atoms with Gasteiger partial charge < -0.3 is 0 Å². The first kappa shape index (κ1) is 16.1. The van der Waals surface area contributed by atoms with E-state index in [4.69, 9.17) is 3.07 Å². The monoisotopic (exact) mass is 373 g/mol. The van der Waals surface area contributed by atoms with Gasteiger partial charge in [-0.25, -0.2) is 0 Å². The SMILES string of the molecule is C=CC[C@H](CNC(=C)OI(C)C)Cc1ccccc1. The number of benzene rings is 1. The van der Waals surface area contributed by atoms with Gasteiger partial charge in [-0.05, 0) is 0 Å². The predicted molar refractivity (Wildman–Crippen MR) is 92.5 cm³/mol. The van der Waals surface area contributed by atoms with E-state index < -0.39 is 20.2 Å². The molecule has 0 fully saturated rings. The number of hydrogen-bond acceptors (Lipinski definition) is 2. The van der Waals surface area contributed by atoms with Crippen molar-refractivity contribution in [1.82, 2.24) is 5.32 Å². The van der Waals surface area contributed by atoms with E-state index in [2.05, 4.69) is 52.6 Å². The summed E-state index contributed by atoms with van der Waals surface area (Å²) < 4.78 is 5.65. The van der Waals surface area contributed by atoms with Crippen LogP contribution in [0.3, 0.4) is 0 Å². The van der Waals surface area contributed by atoms with Crippen molar-refractivity contribution in [3.8, 4) is 0 Å². The number of rotatable bonds is 9. The summed E-state index contributed by atoms with van der Waals surface area (Å²) in [5.41, 5.74) is 1.36. The Labute approximate surface area is 124 Å². The summed E-state index contributed by atoms with van der Waals surface area (Å²) in [7, 11) is 0. The van der Waals surface area contributed by atoms with Crippen molar-refractivity contribution in [2.24, 2.45) is 5.92 Å². The number of alkyl halides is 2. The van der Waals surface area contributed by atoms with Crippen LogP contribution in [0.4, 0.5) is 0 Å². The number of nitrogens with one attached hydrogen (secondary N) is 1. The standard InChI is InChI=1S/C16H24INO/c1-5-9-16(12-15-10-7-6-8-11-15)13-18-14(2)19-17(3)4/h5-8,10-11,16,18H,1-2,9,12-13H2,3-4H3/t16-/m0/s1. The maximum atomic E-state index is 5.65. The Morgan fingerprint density at radius 3 is 2.63 bits per heavy atom. The summed E-state index contributed by atoms with van der Waals surface area (Å²) in [4.78, 5) is 4.31. The van der Waals surface area contributed by atoms with Gasteiger partial charge in [0.1, 0.15) is 0 Å². The van der Waals surface area contributed by atoms with Crippen molar-refractivity contribution in [3.63, 3.8) is 0 Å². The van der Waals surface area contributed by atoms with Gasteiger partial charge in [0, 0.05) is 0 Å². The van der Waals surface area contributed by atoms with E-state index >= 15 is 0 Å². The second-order valence-corrected chi connectivity index (χ2v) is 9.01. The van der Waals surface area contributed by atoms with E-state index in [0.717, 1.165) is 25.3 Å². The molecule has 0 aliphatic carbocycles. The molecule has 0 heterocycles. The normalized spacial score (nSPS) is 12.4. The third-order valence-electron chi connectivity index (χ3n) is 2.70. The van der Waals surface area contributed by atoms with Gasteiger partial charge in [-0.3, -0.25) is 0 Å². The Kier molecular flexibility index (Phi) is 7.63. The first-order valence-electron chi connectivity index (χ1n) is 6.38. The van der Waals surface area contributed by atoms with Crippen LogP contribution in [-0.4, -0.2) is 16.4 Å². The Morgan fingerprint density at radius 1 is 1.37 bits per heavy atom. The zero-order valence-corrected chi connectivity index (χ0v) is 14.0. The van der Waals surface area contributed by atoms with Gasteiger partial charge >= 0.3 is 125 Å². The first-order valence-corrected chi connectivity index (χ1v) is 11.6. The molecule has 0 amide bonds. The molecule has 106 valence electrons. The third kappa shape index (κ3) is 7.25. The molecule has 0 saturated carbocycles. The van der Waals surface area contributed by atoms with Crippen molar-refractivity contribution in [2.45, 2.75) is 12.8 Å². The van der Waals surface area contributed by atoms with E-state index in [-0.39, 0.29) is 0 Å². The van der Waals surface area contributed by atoms with E-state index in [0.29, 0.717) is 5.92 Å². The van der Waals surface area contributed by atoms with Crippen LogP contribution in [0, 0.1) is 5.92 Å². The molecule has 19 heavy (non-hydrogen) atoms. The molecule has 0 spiro atoms. The van der Waals surface area contributed by atoms with Gasteiger partial charge in [0.25, 0.3) is 0 Å². The Bertz CT molecular complexity index is 389. The van der Waals surface area contributed by atoms with Crippen molar-refractivity contribution >= 4 is 20.2 Å². The molecule has 3 heteroatoms. The Balaban J connectivity index is 2.44. The molecule has 1 aromatic rings. The predicted octanol–water partition coefficient (Wildman–Crippen LogP) is 4.18. The Morgan fingerprint density at radius 2 is 2.05 bits per heavy atom. The average Bonchev–Trinajstić information content (AvgIpc) is 2.37. The summed E-state index contributed by atoms with van der Waals surface area (Å²) in [6.45, 7) is 8.64. The summed E-state index contributed by atoms with van der Waals surface area (Å²) >= 11 is -1.21. The van der Waals surface area contributed by atoms with Crippen LogP contribution >= 0.6 is 20.2 Å². The number of allylic oxidation sites excluding steroid dienone is 1. The topological polar surface area (TPSA) is 21.3 Å². The van der Waals surface area contributed by atoms with Gasteiger partial charge in [-0.2, -0.15) is 0 Å². The molecule has 1 aromatic carbocycles. The number of hydrogen-bond donors (Lipinski definition) is 1. The van der Waals surface area contributed by atoms with Gasteiger partial charge in [-0.1, -0.05) is 0 Å². The van der Waals surface area contributed by atoms with E-state index in [1.54, 1.807) is 0 Å². The van der Waals surface area contributed by atoms with Crippen LogP contribution in [0.25, 0.3) is 0 Å². The maximum absolute atomic E-state index is 5.65. The fourth-order valence-corrected chi connectivity index (χ4v) is 3.11. The second-order valence-electron chi connectivity index (χ2n) is 4.65.